The summed E-state index contributed by atoms with van der Waals surface area (Å²) < 4.78 is 9.22. The molecule has 0 bridgehead atoms. The molecule has 1 aromatic heterocycles. The van der Waals surface area contributed by atoms with Gasteiger partial charge in [-0.25, -0.2) is 4.63 Å². The summed E-state index contributed by atoms with van der Waals surface area (Å²) >= 11 is 0. The number of rotatable bonds is 5. The predicted molar refractivity (Wildman–Crippen MR) is 51.5 cm³/mol. The fourth-order valence-electron chi connectivity index (χ4n) is 0.923. The molecule has 0 radical (unpaired) electrons. The van der Waals surface area contributed by atoms with E-state index in [1.807, 2.05) is 5.48 Å². The van der Waals surface area contributed by atoms with E-state index in [4.69, 9.17) is 15.7 Å². The summed E-state index contributed by atoms with van der Waals surface area (Å²) in [6, 6.07) is 0. The van der Waals surface area contributed by atoms with Gasteiger partial charge in [0.2, 0.25) is 0 Å². The zero-order valence-electron chi connectivity index (χ0n) is 8.30. The molecular weight excluding hydrogens is 202 g/mol. The van der Waals surface area contributed by atoms with Gasteiger partial charge in [-0.3, -0.25) is 15.7 Å². The molecule has 0 unspecified atom stereocenters. The van der Waals surface area contributed by atoms with Crippen LogP contribution in [-0.4, -0.2) is 41.6 Å². The van der Waals surface area contributed by atoms with Gasteiger partial charge in [-0.2, -0.15) is 0 Å². The fraction of sp³-hybridized carbons (Fsp3) is 0.571. The molecule has 4 N–H and O–H groups in total. The fourth-order valence-corrected chi connectivity index (χ4v) is 0.923. The van der Waals surface area contributed by atoms with Crippen LogP contribution in [0.4, 0.5) is 5.82 Å². The Hall–Kier alpha value is -1.67. The van der Waals surface area contributed by atoms with E-state index in [9.17, 15) is 0 Å². The lowest BCUT2D eigenvalue weighted by molar-refractivity contribution is 0.196. The number of nitrogen functional groups attached to an aromatic ring is 1. The van der Waals surface area contributed by atoms with E-state index in [1.54, 1.807) is 7.11 Å². The molecule has 0 amide bonds. The van der Waals surface area contributed by atoms with Gasteiger partial charge in [0.15, 0.2) is 17.3 Å². The topological polar surface area (TPSA) is 119 Å². The molecule has 1 heterocycles. The lowest BCUT2D eigenvalue weighted by Crippen LogP contribution is -2.22. The molecule has 15 heavy (non-hydrogen) atoms. The van der Waals surface area contributed by atoms with Gasteiger partial charge in [0.1, 0.15) is 0 Å². The average Bonchev–Trinajstić information content (AvgIpc) is 2.65. The minimum Gasteiger partial charge on any atom is -0.385 e. The van der Waals surface area contributed by atoms with Crippen molar-refractivity contribution < 1.29 is 14.6 Å². The molecule has 0 atom stereocenters. The van der Waals surface area contributed by atoms with Crippen LogP contribution in [0.3, 0.4) is 0 Å². The van der Waals surface area contributed by atoms with Crippen molar-refractivity contribution in [2.45, 2.75) is 6.42 Å². The quantitative estimate of drug-likeness (QED) is 0.260. The van der Waals surface area contributed by atoms with Crippen LogP contribution in [0, 0.1) is 0 Å². The first-order valence-electron chi connectivity index (χ1n) is 4.31. The number of aromatic nitrogens is 2. The first kappa shape index (κ1) is 11.4. The summed E-state index contributed by atoms with van der Waals surface area (Å²) in [6.07, 6.45) is 0.729. The number of hydroxylamine groups is 1. The van der Waals surface area contributed by atoms with E-state index >= 15 is 0 Å². The first-order chi connectivity index (χ1) is 7.29. The monoisotopic (exact) mass is 215 g/mol. The molecule has 0 aromatic carbocycles. The summed E-state index contributed by atoms with van der Waals surface area (Å²) in [5, 5.41) is 15.7. The number of ether oxygens (including phenoxy) is 1. The molecule has 0 saturated carbocycles. The number of nitrogens with zero attached hydrogens (tertiary/aromatic N) is 3. The van der Waals surface area contributed by atoms with Gasteiger partial charge in [0.05, 0.1) is 0 Å². The highest BCUT2D eigenvalue weighted by Gasteiger charge is 2.12. The van der Waals surface area contributed by atoms with E-state index in [1.165, 1.54) is 0 Å². The number of hydrogen-bond acceptors (Lipinski definition) is 7. The summed E-state index contributed by atoms with van der Waals surface area (Å²) in [5.74, 6) is 0.201. The predicted octanol–water partition coefficient (Wildman–Crippen LogP) is -0.586. The Kier molecular flexibility index (Phi) is 4.51. The number of anilines is 1. The molecule has 0 aliphatic carbocycles. The SMILES string of the molecule is COCCCN=C(NO)c1nonc1N. The Bertz CT molecular complexity index is 324. The highest BCUT2D eigenvalue weighted by molar-refractivity contribution is 5.99. The molecule has 84 valence electrons. The van der Waals surface area contributed by atoms with Gasteiger partial charge >= 0.3 is 0 Å². The van der Waals surface area contributed by atoms with Crippen molar-refractivity contribution in [3.8, 4) is 0 Å². The molecule has 8 nitrogen and oxygen atoms in total. The van der Waals surface area contributed by atoms with Gasteiger partial charge in [-0.1, -0.05) is 0 Å². The molecule has 0 aliphatic heterocycles. The van der Waals surface area contributed by atoms with Crippen LogP contribution in [0.5, 0.6) is 0 Å². The zero-order chi connectivity index (χ0) is 11.1. The molecule has 0 spiro atoms. The smallest absolute Gasteiger partial charge is 0.199 e. The van der Waals surface area contributed by atoms with Crippen molar-refractivity contribution >= 4 is 11.7 Å². The third-order valence-electron chi connectivity index (χ3n) is 1.62. The van der Waals surface area contributed by atoms with E-state index in [0.29, 0.717) is 13.2 Å². The van der Waals surface area contributed by atoms with Gasteiger partial charge in [0, 0.05) is 20.3 Å². The Morgan fingerprint density at radius 2 is 2.47 bits per heavy atom. The van der Waals surface area contributed by atoms with Crippen molar-refractivity contribution in [1.29, 1.82) is 0 Å². The Morgan fingerprint density at radius 3 is 3.00 bits per heavy atom. The summed E-state index contributed by atoms with van der Waals surface area (Å²) in [7, 11) is 1.61. The van der Waals surface area contributed by atoms with E-state index in [2.05, 4.69) is 19.9 Å². The van der Waals surface area contributed by atoms with Crippen LogP contribution >= 0.6 is 0 Å². The van der Waals surface area contributed by atoms with Crippen LogP contribution in [0.15, 0.2) is 9.62 Å². The maximum absolute atomic E-state index is 8.80. The van der Waals surface area contributed by atoms with Gasteiger partial charge in [0.25, 0.3) is 0 Å². The second-order valence-electron chi connectivity index (χ2n) is 2.69. The number of hydrogen-bond donors (Lipinski definition) is 3. The highest BCUT2D eigenvalue weighted by Crippen LogP contribution is 2.04. The standard InChI is InChI=1S/C7H13N5O3/c1-14-4-2-3-9-7(10-13)5-6(8)12-15-11-5/h13H,2-4H2,1H3,(H2,8,12)(H,9,10). The zero-order valence-corrected chi connectivity index (χ0v) is 8.30. The third-order valence-corrected chi connectivity index (χ3v) is 1.62. The average molecular weight is 215 g/mol. The van der Waals surface area contributed by atoms with Crippen LogP contribution in [0.1, 0.15) is 12.1 Å². The van der Waals surface area contributed by atoms with Crippen molar-refractivity contribution in [2.75, 3.05) is 26.0 Å². The summed E-state index contributed by atoms with van der Waals surface area (Å²) in [6.45, 7) is 1.07. The van der Waals surface area contributed by atoms with E-state index in [0.717, 1.165) is 6.42 Å². The van der Waals surface area contributed by atoms with Gasteiger partial charge < -0.3 is 10.5 Å². The Labute approximate surface area is 86.0 Å². The lowest BCUT2D eigenvalue weighted by atomic mass is 10.4. The summed E-state index contributed by atoms with van der Waals surface area (Å²) in [5.41, 5.74) is 7.50. The Morgan fingerprint density at radius 1 is 1.67 bits per heavy atom. The second kappa shape index (κ2) is 5.94. The number of nitrogens with one attached hydrogen (secondary N) is 1. The number of amidine groups is 1. The third kappa shape index (κ3) is 3.18. The number of aliphatic imine (C=N–C) groups is 1. The van der Waals surface area contributed by atoms with Crippen molar-refractivity contribution in [3.63, 3.8) is 0 Å². The van der Waals surface area contributed by atoms with E-state index in [-0.39, 0.29) is 17.3 Å². The van der Waals surface area contributed by atoms with Crippen LogP contribution in [0.2, 0.25) is 0 Å². The molecule has 0 aliphatic rings. The molecule has 8 heteroatoms. The lowest BCUT2D eigenvalue weighted by Gasteiger charge is -2.00. The highest BCUT2D eigenvalue weighted by atomic mass is 16.6. The van der Waals surface area contributed by atoms with Gasteiger partial charge in [-0.15, -0.1) is 0 Å². The number of methoxy groups -OCH3 is 1. The van der Waals surface area contributed by atoms with Crippen molar-refractivity contribution in [2.24, 2.45) is 4.99 Å². The van der Waals surface area contributed by atoms with Crippen LogP contribution in [0.25, 0.3) is 0 Å². The number of nitrogens with two attached hydrogens (primary N) is 1. The van der Waals surface area contributed by atoms with Crippen molar-refractivity contribution in [3.05, 3.63) is 5.69 Å². The first-order valence-corrected chi connectivity index (χ1v) is 4.31. The van der Waals surface area contributed by atoms with E-state index < -0.39 is 0 Å². The largest absolute Gasteiger partial charge is 0.385 e. The molecule has 0 saturated heterocycles. The minimum absolute atomic E-state index is 0.0713. The van der Waals surface area contributed by atoms with Crippen LogP contribution < -0.4 is 11.2 Å². The minimum atomic E-state index is 0.0713. The maximum atomic E-state index is 8.80. The molecule has 1 aromatic rings. The normalized spacial score (nSPS) is 11.7. The Balaban J connectivity index is 2.59. The maximum Gasteiger partial charge on any atom is 0.199 e. The summed E-state index contributed by atoms with van der Waals surface area (Å²) in [4.78, 5) is 4.02. The molecular formula is C7H13N5O3. The van der Waals surface area contributed by atoms with Gasteiger partial charge in [-0.05, 0) is 16.7 Å². The molecule has 0 fully saturated rings. The van der Waals surface area contributed by atoms with Crippen LogP contribution in [-0.2, 0) is 4.74 Å². The second-order valence-corrected chi connectivity index (χ2v) is 2.69. The molecule has 1 rings (SSSR count). The van der Waals surface area contributed by atoms with Crippen molar-refractivity contribution in [1.82, 2.24) is 15.8 Å².